The second-order valence-corrected chi connectivity index (χ2v) is 21.5. The van der Waals surface area contributed by atoms with Crippen LogP contribution in [-0.2, 0) is 83.2 Å². The van der Waals surface area contributed by atoms with E-state index in [0.29, 0.717) is 28.0 Å². The molecule has 12 N–H and O–H groups in total. The molecule has 0 aliphatic carbocycles. The molecule has 29 nitrogen and oxygen atoms in total. The Morgan fingerprint density at radius 1 is 0.359 bits per heavy atom. The maximum Gasteiger partial charge on any atom is 0.326 e. The molecule has 0 spiro atoms. The van der Waals surface area contributed by atoms with Crippen LogP contribution < -0.4 is 47.3 Å². The van der Waals surface area contributed by atoms with Gasteiger partial charge in [-0.25, -0.2) is 19.2 Å². The van der Waals surface area contributed by atoms with Crippen LogP contribution in [0.2, 0.25) is 0 Å². The minimum Gasteiger partial charge on any atom is -0.481 e. The lowest BCUT2D eigenvalue weighted by Crippen LogP contribution is -2.53. The molecule has 1 fully saturated rings. The lowest BCUT2D eigenvalue weighted by Gasteiger charge is -2.33. The molecule has 29 heteroatoms. The molecule has 0 bridgehead atoms. The van der Waals surface area contributed by atoms with Crippen LogP contribution >= 0.6 is 0 Å². The van der Waals surface area contributed by atoms with E-state index in [9.17, 15) is 78.0 Å². The Morgan fingerprint density at radius 2 is 0.587 bits per heavy atom. The standard InChI is InChI=1S/C63H78N12O17/c1-2-30-92-47-20-18-46(19-21-47)34-51(63(90)91)71-55(79)38-67-59(83)42-75-28-26-73(40-57(81)65-36-53(77)69-49(61(86)87)32-44-14-8-4-9-15-44)24-22-72(39-56(80)64-35-52(76)68-48(60(84)85)31-43-12-6-3-7-13-43)23-25-74(27-29-75)41-58(82)66-37-54(78)70-50(62(88)89)33-45-16-10-5-11-17-45/h1,3-21,48-51H,22-42H2,(H,64,80)(H,65,81)(H,66,82)(H,67,83)(H,68,76)(H,69,77)(H,70,78)(H,71,79)(H,84,85)(H,86,87)(H,88,89)(H,90,91)/t48-,49-,50-,51-/m0/s1. The Labute approximate surface area is 530 Å². The van der Waals surface area contributed by atoms with E-state index in [1.165, 1.54) is 0 Å². The molecular formula is C63H78N12O17. The third-order valence-electron chi connectivity index (χ3n) is 14.2. The average Bonchev–Trinajstić information content (AvgIpc) is 1.99. The van der Waals surface area contributed by atoms with Gasteiger partial charge in [0.1, 0.15) is 36.5 Å². The molecule has 1 saturated heterocycles. The summed E-state index contributed by atoms with van der Waals surface area (Å²) in [4.78, 5) is 162. The number of terminal acetylenes is 1. The van der Waals surface area contributed by atoms with Gasteiger partial charge in [0.15, 0.2) is 0 Å². The number of aliphatic carboxylic acids is 4. The third-order valence-corrected chi connectivity index (χ3v) is 14.2. The molecule has 0 radical (unpaired) electrons. The zero-order chi connectivity index (χ0) is 66.8. The summed E-state index contributed by atoms with van der Waals surface area (Å²) in [5.74, 6) is -8.27. The quantitative estimate of drug-likeness (QED) is 0.0207. The molecule has 492 valence electrons. The van der Waals surface area contributed by atoms with Crippen molar-refractivity contribution >= 4 is 71.1 Å². The number of nitrogens with zero attached hydrogens (tertiary/aromatic N) is 4. The number of rotatable bonds is 34. The number of carboxylic acid groups (broad SMARTS) is 4. The highest BCUT2D eigenvalue weighted by atomic mass is 16.5. The van der Waals surface area contributed by atoms with Crippen LogP contribution in [0.3, 0.4) is 0 Å². The van der Waals surface area contributed by atoms with E-state index in [-0.39, 0.29) is 111 Å². The Bertz CT molecular complexity index is 3070. The average molecular weight is 1280 g/mol. The smallest absolute Gasteiger partial charge is 0.326 e. The molecule has 5 rings (SSSR count). The van der Waals surface area contributed by atoms with Crippen LogP contribution in [0, 0.1) is 12.3 Å². The largest absolute Gasteiger partial charge is 0.481 e. The first-order valence-corrected chi connectivity index (χ1v) is 29.4. The van der Waals surface area contributed by atoms with Crippen molar-refractivity contribution in [3.63, 3.8) is 0 Å². The van der Waals surface area contributed by atoms with Crippen molar-refractivity contribution in [2.75, 3.05) is 111 Å². The number of amides is 8. The van der Waals surface area contributed by atoms with E-state index in [2.05, 4.69) is 48.5 Å². The number of ether oxygens (including phenoxy) is 1. The van der Waals surface area contributed by atoms with E-state index >= 15 is 0 Å². The minimum absolute atomic E-state index is 0.0233. The van der Waals surface area contributed by atoms with Gasteiger partial charge in [0.2, 0.25) is 47.3 Å². The number of benzene rings is 4. The lowest BCUT2D eigenvalue weighted by atomic mass is 10.1. The second-order valence-electron chi connectivity index (χ2n) is 21.5. The van der Waals surface area contributed by atoms with E-state index < -0.39 is 121 Å². The van der Waals surface area contributed by atoms with E-state index in [1.807, 2.05) is 0 Å². The molecule has 92 heavy (non-hydrogen) atoms. The topological polar surface area (TPSA) is 404 Å². The summed E-state index contributed by atoms with van der Waals surface area (Å²) < 4.78 is 5.36. The maximum absolute atomic E-state index is 13.7. The van der Waals surface area contributed by atoms with Crippen molar-refractivity contribution in [3.8, 4) is 18.1 Å². The molecule has 0 unspecified atom stereocenters. The summed E-state index contributed by atoms with van der Waals surface area (Å²) >= 11 is 0. The Morgan fingerprint density at radius 3 is 0.804 bits per heavy atom. The van der Waals surface area contributed by atoms with E-state index in [4.69, 9.17) is 11.2 Å². The van der Waals surface area contributed by atoms with Crippen LogP contribution in [0.4, 0.5) is 0 Å². The van der Waals surface area contributed by atoms with Gasteiger partial charge in [-0.15, -0.1) is 6.42 Å². The van der Waals surface area contributed by atoms with Crippen LogP contribution in [0.1, 0.15) is 22.3 Å². The number of carboxylic acids is 4. The Balaban J connectivity index is 1.31. The van der Waals surface area contributed by atoms with E-state index in [1.54, 1.807) is 135 Å². The van der Waals surface area contributed by atoms with Gasteiger partial charge < -0.3 is 67.7 Å². The fraction of sp³-hybridized carbons (Fsp3) is 0.397. The number of hydrogen-bond donors (Lipinski definition) is 12. The van der Waals surface area contributed by atoms with Crippen LogP contribution in [0.5, 0.6) is 5.75 Å². The maximum atomic E-state index is 13.7. The highest BCUT2D eigenvalue weighted by molar-refractivity contribution is 5.91. The van der Waals surface area contributed by atoms with Gasteiger partial charge in [0.05, 0.1) is 52.4 Å². The molecule has 1 heterocycles. The molecular weight excluding hydrogens is 1200 g/mol. The minimum atomic E-state index is -1.38. The van der Waals surface area contributed by atoms with Gasteiger partial charge in [0, 0.05) is 78.0 Å². The van der Waals surface area contributed by atoms with Crippen molar-refractivity contribution in [3.05, 3.63) is 138 Å². The van der Waals surface area contributed by atoms with Crippen LogP contribution in [-0.4, -0.2) is 247 Å². The summed E-state index contributed by atoms with van der Waals surface area (Å²) in [6.45, 7) is -3.54. The number of carbonyl (C=O) groups excluding carboxylic acids is 8. The second kappa shape index (κ2) is 39.0. The van der Waals surface area contributed by atoms with Crippen molar-refractivity contribution in [2.45, 2.75) is 49.9 Å². The molecule has 0 aromatic heterocycles. The summed E-state index contributed by atoms with van der Waals surface area (Å²) in [7, 11) is 0. The fourth-order valence-corrected chi connectivity index (χ4v) is 9.38. The third kappa shape index (κ3) is 28.5. The van der Waals surface area contributed by atoms with E-state index in [0.717, 1.165) is 0 Å². The van der Waals surface area contributed by atoms with Crippen molar-refractivity contribution in [1.82, 2.24) is 62.1 Å². The summed E-state index contributed by atoms with van der Waals surface area (Å²) in [6, 6.07) is 26.9. The molecule has 8 amide bonds. The molecule has 0 saturated carbocycles. The van der Waals surface area contributed by atoms with Crippen molar-refractivity contribution in [2.24, 2.45) is 0 Å². The zero-order valence-electron chi connectivity index (χ0n) is 50.6. The first kappa shape index (κ1) is 72.5. The summed E-state index contributed by atoms with van der Waals surface area (Å²) in [5.41, 5.74) is 2.49. The van der Waals surface area contributed by atoms with Gasteiger partial charge in [-0.1, -0.05) is 109 Å². The number of carbonyl (C=O) groups is 12. The first-order chi connectivity index (χ1) is 44.1. The van der Waals surface area contributed by atoms with Gasteiger partial charge in [-0.05, 0) is 34.4 Å². The van der Waals surface area contributed by atoms with Gasteiger partial charge in [0.25, 0.3) is 0 Å². The zero-order valence-corrected chi connectivity index (χ0v) is 50.6. The SMILES string of the molecule is C#CCOc1ccc(C[C@H](NC(=O)CNC(=O)CN2CCN(CC(=O)NCC(=O)N[C@@H](Cc3ccccc3)C(=O)O)CCN(CC(=O)NCC(=O)N[C@@H](Cc3ccccc3)C(=O)O)CCN(CC(=O)NCC(=O)N[C@@H](Cc3ccccc3)C(=O)O)CC2)C(=O)O)cc1. The molecule has 4 aromatic rings. The highest BCUT2D eigenvalue weighted by Crippen LogP contribution is 2.14. The van der Waals surface area contributed by atoms with Gasteiger partial charge in [-0.3, -0.25) is 58.0 Å². The number of nitrogens with one attached hydrogen (secondary N) is 8. The Hall–Kier alpha value is -10.3. The fourth-order valence-electron chi connectivity index (χ4n) is 9.38. The molecule has 1 aliphatic heterocycles. The lowest BCUT2D eigenvalue weighted by molar-refractivity contribution is -0.142. The van der Waals surface area contributed by atoms with Crippen LogP contribution in [0.15, 0.2) is 115 Å². The van der Waals surface area contributed by atoms with Crippen molar-refractivity contribution in [1.29, 1.82) is 0 Å². The van der Waals surface area contributed by atoms with Crippen molar-refractivity contribution < 1.29 is 82.7 Å². The summed E-state index contributed by atoms with van der Waals surface area (Å²) in [5, 5.41) is 59.2. The molecule has 4 atom stereocenters. The predicted molar refractivity (Wildman–Crippen MR) is 331 cm³/mol. The highest BCUT2D eigenvalue weighted by Gasteiger charge is 2.27. The molecule has 4 aromatic carbocycles. The first-order valence-electron chi connectivity index (χ1n) is 29.4. The predicted octanol–water partition coefficient (Wildman–Crippen LogP) is -3.07. The normalized spacial score (nSPS) is 14.6. The van der Waals surface area contributed by atoms with Crippen LogP contribution in [0.25, 0.3) is 0 Å². The van der Waals surface area contributed by atoms with Gasteiger partial charge >= 0.3 is 23.9 Å². The molecule has 1 aliphatic rings. The number of hydrogen-bond acceptors (Lipinski definition) is 17. The monoisotopic (exact) mass is 1270 g/mol. The van der Waals surface area contributed by atoms with Gasteiger partial charge in [-0.2, -0.15) is 0 Å². The summed E-state index contributed by atoms with van der Waals surface area (Å²) in [6.07, 6.45) is 5.04. The Kier molecular flexibility index (Phi) is 30.7.